The highest BCUT2D eigenvalue weighted by Crippen LogP contribution is 2.07. The molecule has 0 aromatic carbocycles. The Morgan fingerprint density at radius 2 is 1.58 bits per heavy atom. The number of rotatable bonds is 16. The molecular formula is C21H33N7O8. The number of nitrogens with two attached hydrogens (primary N) is 2. The molecule has 36 heavy (non-hydrogen) atoms. The average Bonchev–Trinajstić information content (AvgIpc) is 3.32. The van der Waals surface area contributed by atoms with Gasteiger partial charge in [0.1, 0.15) is 18.1 Å². The molecule has 0 radical (unpaired) electrons. The maximum Gasteiger partial charge on any atom is 0.326 e. The van der Waals surface area contributed by atoms with E-state index in [-0.39, 0.29) is 12.3 Å². The molecule has 200 valence electrons. The van der Waals surface area contributed by atoms with E-state index < -0.39 is 79.0 Å². The number of amides is 4. The van der Waals surface area contributed by atoms with Gasteiger partial charge in [-0.25, -0.2) is 9.78 Å². The fourth-order valence-corrected chi connectivity index (χ4v) is 3.09. The van der Waals surface area contributed by atoms with Gasteiger partial charge in [-0.2, -0.15) is 0 Å². The summed E-state index contributed by atoms with van der Waals surface area (Å²) in [4.78, 5) is 78.8. The van der Waals surface area contributed by atoms with E-state index in [0.717, 1.165) is 0 Å². The van der Waals surface area contributed by atoms with Crippen LogP contribution in [0.2, 0.25) is 0 Å². The van der Waals surface area contributed by atoms with Gasteiger partial charge in [0.2, 0.25) is 23.6 Å². The van der Waals surface area contributed by atoms with Crippen molar-refractivity contribution in [1.29, 1.82) is 0 Å². The zero-order valence-electron chi connectivity index (χ0n) is 20.0. The summed E-state index contributed by atoms with van der Waals surface area (Å²) in [6, 6.07) is -5.33. The first-order chi connectivity index (χ1) is 16.8. The van der Waals surface area contributed by atoms with Crippen molar-refractivity contribution in [3.63, 3.8) is 0 Å². The fourth-order valence-electron chi connectivity index (χ4n) is 3.09. The van der Waals surface area contributed by atoms with Crippen LogP contribution in [-0.4, -0.2) is 79.9 Å². The molecule has 0 bridgehead atoms. The van der Waals surface area contributed by atoms with Gasteiger partial charge in [0, 0.05) is 24.7 Å². The minimum atomic E-state index is -1.54. The molecule has 15 nitrogen and oxygen atoms in total. The number of aliphatic carboxylic acids is 2. The molecule has 15 heteroatoms. The number of aromatic nitrogens is 2. The number of carboxylic acids is 2. The van der Waals surface area contributed by atoms with Crippen LogP contribution >= 0.6 is 0 Å². The van der Waals surface area contributed by atoms with Crippen molar-refractivity contribution in [3.8, 4) is 0 Å². The lowest BCUT2D eigenvalue weighted by atomic mass is 9.99. The third kappa shape index (κ3) is 10.1. The van der Waals surface area contributed by atoms with Crippen LogP contribution in [0, 0.1) is 5.92 Å². The molecule has 5 unspecified atom stereocenters. The number of carbonyl (C=O) groups excluding carboxylic acids is 4. The highest BCUT2D eigenvalue weighted by Gasteiger charge is 2.32. The van der Waals surface area contributed by atoms with Gasteiger partial charge in [-0.15, -0.1) is 0 Å². The summed E-state index contributed by atoms with van der Waals surface area (Å²) in [5.41, 5.74) is 11.5. The van der Waals surface area contributed by atoms with Crippen molar-refractivity contribution in [1.82, 2.24) is 25.9 Å². The largest absolute Gasteiger partial charge is 0.481 e. The summed E-state index contributed by atoms with van der Waals surface area (Å²) in [6.45, 7) is 3.56. The lowest BCUT2D eigenvalue weighted by Crippen LogP contribution is -2.58. The Bertz CT molecular complexity index is 937. The number of H-pyrrole nitrogens is 1. The predicted molar refractivity (Wildman–Crippen MR) is 124 cm³/mol. The van der Waals surface area contributed by atoms with Gasteiger partial charge in [0.25, 0.3) is 0 Å². The summed E-state index contributed by atoms with van der Waals surface area (Å²) in [7, 11) is 0. The summed E-state index contributed by atoms with van der Waals surface area (Å²) in [5.74, 6) is -6.40. The van der Waals surface area contributed by atoms with Crippen LogP contribution in [0.3, 0.4) is 0 Å². The van der Waals surface area contributed by atoms with E-state index in [1.165, 1.54) is 12.5 Å². The highest BCUT2D eigenvalue weighted by atomic mass is 16.4. The Kier molecular flexibility index (Phi) is 12.0. The normalized spacial score (nSPS) is 15.0. The molecule has 10 N–H and O–H groups in total. The van der Waals surface area contributed by atoms with Crippen molar-refractivity contribution in [2.75, 3.05) is 0 Å². The molecule has 4 amide bonds. The summed E-state index contributed by atoms with van der Waals surface area (Å²) in [5, 5.41) is 25.1. The molecule has 0 saturated heterocycles. The van der Waals surface area contributed by atoms with Crippen LogP contribution in [0.15, 0.2) is 12.5 Å². The molecule has 1 aromatic heterocycles. The number of carbonyl (C=O) groups is 6. The summed E-state index contributed by atoms with van der Waals surface area (Å²) < 4.78 is 0. The lowest BCUT2D eigenvalue weighted by Gasteiger charge is -2.25. The molecule has 0 aliphatic rings. The van der Waals surface area contributed by atoms with Crippen molar-refractivity contribution in [2.45, 2.75) is 70.1 Å². The van der Waals surface area contributed by atoms with E-state index >= 15 is 0 Å². The second-order valence-corrected chi connectivity index (χ2v) is 8.32. The summed E-state index contributed by atoms with van der Waals surface area (Å²) in [6.07, 6.45) is 1.63. The average molecular weight is 512 g/mol. The third-order valence-corrected chi connectivity index (χ3v) is 5.47. The lowest BCUT2D eigenvalue weighted by molar-refractivity contribution is -0.143. The van der Waals surface area contributed by atoms with Gasteiger partial charge in [0.15, 0.2) is 0 Å². The quantitative estimate of drug-likeness (QED) is 0.117. The molecule has 0 spiro atoms. The monoisotopic (exact) mass is 511 g/mol. The Labute approximate surface area is 206 Å². The molecule has 0 saturated carbocycles. The molecule has 1 aromatic rings. The molecule has 5 atom stereocenters. The SMILES string of the molecule is CCC(C)C(N)C(=O)NC(CC(N)=O)C(=O)NC(Cc1cnc[nH]1)C(=O)NC(CCC(=O)O)C(=O)O. The van der Waals surface area contributed by atoms with Crippen LogP contribution in [0.4, 0.5) is 0 Å². The van der Waals surface area contributed by atoms with Gasteiger partial charge in [-0.1, -0.05) is 20.3 Å². The fraction of sp³-hybridized carbons (Fsp3) is 0.571. The van der Waals surface area contributed by atoms with E-state index in [4.69, 9.17) is 16.6 Å². The first kappa shape index (κ1) is 30.0. The van der Waals surface area contributed by atoms with Gasteiger partial charge >= 0.3 is 11.9 Å². The van der Waals surface area contributed by atoms with Gasteiger partial charge < -0.3 is 42.6 Å². The molecular weight excluding hydrogens is 478 g/mol. The van der Waals surface area contributed by atoms with E-state index in [0.29, 0.717) is 12.1 Å². The third-order valence-electron chi connectivity index (χ3n) is 5.47. The van der Waals surface area contributed by atoms with Crippen LogP contribution in [0.1, 0.15) is 45.2 Å². The maximum atomic E-state index is 13.0. The van der Waals surface area contributed by atoms with E-state index in [1.54, 1.807) is 6.92 Å². The molecule has 0 fully saturated rings. The van der Waals surface area contributed by atoms with Crippen molar-refractivity contribution < 1.29 is 39.0 Å². The van der Waals surface area contributed by atoms with Crippen LogP contribution in [-0.2, 0) is 35.2 Å². The number of aromatic amines is 1. The van der Waals surface area contributed by atoms with Crippen molar-refractivity contribution in [2.24, 2.45) is 17.4 Å². The molecule has 0 aliphatic heterocycles. The second-order valence-electron chi connectivity index (χ2n) is 8.32. The van der Waals surface area contributed by atoms with E-state index in [9.17, 15) is 33.9 Å². The minimum absolute atomic E-state index is 0.160. The standard InChI is InChI=1S/C21H33N7O8/c1-3-10(2)17(23)20(34)28-14(7-15(22)29)19(33)27-13(6-11-8-24-9-25-11)18(32)26-12(21(35)36)4-5-16(30)31/h8-10,12-14,17H,3-7,23H2,1-2H3,(H2,22,29)(H,24,25)(H,26,32)(H,27,33)(H,28,34)(H,30,31)(H,35,36). The Balaban J connectivity index is 3.09. The minimum Gasteiger partial charge on any atom is -0.481 e. The maximum absolute atomic E-state index is 13.0. The van der Waals surface area contributed by atoms with Crippen molar-refractivity contribution in [3.05, 3.63) is 18.2 Å². The van der Waals surface area contributed by atoms with Crippen LogP contribution < -0.4 is 27.4 Å². The molecule has 0 aliphatic carbocycles. The number of nitrogens with one attached hydrogen (secondary N) is 4. The predicted octanol–water partition coefficient (Wildman–Crippen LogP) is -2.40. The first-order valence-corrected chi connectivity index (χ1v) is 11.2. The number of hydrogen-bond donors (Lipinski definition) is 8. The van der Waals surface area contributed by atoms with E-state index in [2.05, 4.69) is 25.9 Å². The number of primary amides is 1. The van der Waals surface area contributed by atoms with Gasteiger partial charge in [-0.3, -0.25) is 24.0 Å². The zero-order chi connectivity index (χ0) is 27.4. The molecule has 1 heterocycles. The molecule has 1 rings (SSSR count). The zero-order valence-corrected chi connectivity index (χ0v) is 20.0. The number of nitrogens with zero attached hydrogens (tertiary/aromatic N) is 1. The van der Waals surface area contributed by atoms with Gasteiger partial charge in [0.05, 0.1) is 18.8 Å². The smallest absolute Gasteiger partial charge is 0.326 e. The topological polar surface area (TPSA) is 260 Å². The number of carboxylic acid groups (broad SMARTS) is 2. The highest BCUT2D eigenvalue weighted by molar-refractivity contribution is 5.96. The van der Waals surface area contributed by atoms with E-state index in [1.807, 2.05) is 6.92 Å². The summed E-state index contributed by atoms with van der Waals surface area (Å²) >= 11 is 0. The van der Waals surface area contributed by atoms with Gasteiger partial charge in [-0.05, 0) is 12.3 Å². The Morgan fingerprint density at radius 1 is 1.00 bits per heavy atom. The van der Waals surface area contributed by atoms with Crippen LogP contribution in [0.5, 0.6) is 0 Å². The second kappa shape index (κ2) is 14.4. The number of imidazole rings is 1. The Morgan fingerprint density at radius 3 is 2.08 bits per heavy atom. The number of hydrogen-bond acceptors (Lipinski definition) is 8. The Hall–Kier alpha value is -4.01. The van der Waals surface area contributed by atoms with Crippen LogP contribution in [0.25, 0.3) is 0 Å². The first-order valence-electron chi connectivity index (χ1n) is 11.2. The van der Waals surface area contributed by atoms with Crippen molar-refractivity contribution >= 4 is 35.6 Å².